The largest absolute Gasteiger partial charge is 0.377 e. The molecular weight excluding hydrogens is 182 g/mol. The van der Waals surface area contributed by atoms with E-state index in [0.717, 1.165) is 0 Å². The van der Waals surface area contributed by atoms with Crippen molar-refractivity contribution in [1.82, 2.24) is 5.32 Å². The first kappa shape index (κ1) is 13.1. The summed E-state index contributed by atoms with van der Waals surface area (Å²) in [5.41, 5.74) is -0.471. The Bertz CT molecular complexity index is 218. The van der Waals surface area contributed by atoms with Crippen LogP contribution in [0.15, 0.2) is 0 Å². The van der Waals surface area contributed by atoms with Gasteiger partial charge in [-0.15, -0.1) is 0 Å². The van der Waals surface area contributed by atoms with Gasteiger partial charge in [0.1, 0.15) is 6.61 Å². The first-order chi connectivity index (χ1) is 6.29. The van der Waals surface area contributed by atoms with Gasteiger partial charge in [-0.3, -0.25) is 9.59 Å². The maximum Gasteiger partial charge on any atom is 0.225 e. The summed E-state index contributed by atoms with van der Waals surface area (Å²) in [6, 6.07) is -0.485. The number of carbonyl (C=O) groups is 2. The van der Waals surface area contributed by atoms with Crippen molar-refractivity contribution < 1.29 is 14.3 Å². The van der Waals surface area contributed by atoms with E-state index in [1.807, 2.05) is 0 Å². The molecule has 14 heavy (non-hydrogen) atoms. The van der Waals surface area contributed by atoms with Crippen LogP contribution in [0.3, 0.4) is 0 Å². The minimum Gasteiger partial charge on any atom is -0.377 e. The molecule has 0 radical (unpaired) electrons. The standard InChI is InChI=1S/C10H19NO3/c1-7(8(12)6-14-5)11-9(13)10(2,3)4/h7H,6H2,1-5H3,(H,11,13)/t7-/m1/s1. The van der Waals surface area contributed by atoms with Gasteiger partial charge in [-0.05, 0) is 6.92 Å². The summed E-state index contributed by atoms with van der Waals surface area (Å²) in [4.78, 5) is 22.7. The monoisotopic (exact) mass is 201 g/mol. The predicted molar refractivity (Wildman–Crippen MR) is 53.9 cm³/mol. The SMILES string of the molecule is COCC(=O)[C@@H](C)NC(=O)C(C)(C)C. The van der Waals surface area contributed by atoms with Crippen LogP contribution in [0.2, 0.25) is 0 Å². The summed E-state index contributed by atoms with van der Waals surface area (Å²) in [6.45, 7) is 7.10. The van der Waals surface area contributed by atoms with Gasteiger partial charge in [-0.1, -0.05) is 20.8 Å². The minimum absolute atomic E-state index is 0.0333. The van der Waals surface area contributed by atoms with Crippen LogP contribution in [-0.4, -0.2) is 31.4 Å². The average molecular weight is 201 g/mol. The predicted octanol–water partition coefficient (Wildman–Crippen LogP) is 0.753. The number of nitrogens with one attached hydrogen (secondary N) is 1. The van der Waals surface area contributed by atoms with Gasteiger partial charge in [-0.2, -0.15) is 0 Å². The Morgan fingerprint density at radius 1 is 1.36 bits per heavy atom. The molecular formula is C10H19NO3. The first-order valence-electron chi connectivity index (χ1n) is 4.61. The van der Waals surface area contributed by atoms with Gasteiger partial charge in [-0.25, -0.2) is 0 Å². The van der Waals surface area contributed by atoms with E-state index in [4.69, 9.17) is 4.74 Å². The molecule has 0 rings (SSSR count). The number of ketones is 1. The second kappa shape index (κ2) is 5.10. The van der Waals surface area contributed by atoms with Gasteiger partial charge in [0.15, 0.2) is 5.78 Å². The molecule has 4 nitrogen and oxygen atoms in total. The number of hydrogen-bond donors (Lipinski definition) is 1. The first-order valence-corrected chi connectivity index (χ1v) is 4.61. The number of amides is 1. The van der Waals surface area contributed by atoms with E-state index in [1.165, 1.54) is 7.11 Å². The lowest BCUT2D eigenvalue weighted by atomic mass is 9.95. The zero-order valence-corrected chi connectivity index (χ0v) is 9.51. The molecule has 1 atom stereocenters. The highest BCUT2D eigenvalue weighted by Crippen LogP contribution is 2.12. The highest BCUT2D eigenvalue weighted by Gasteiger charge is 2.24. The molecule has 0 saturated heterocycles. The van der Waals surface area contributed by atoms with Crippen molar-refractivity contribution in [2.75, 3.05) is 13.7 Å². The second-order valence-corrected chi connectivity index (χ2v) is 4.34. The van der Waals surface area contributed by atoms with E-state index in [2.05, 4.69) is 5.32 Å². The van der Waals surface area contributed by atoms with Crippen molar-refractivity contribution >= 4 is 11.7 Å². The van der Waals surface area contributed by atoms with Crippen LogP contribution in [0.5, 0.6) is 0 Å². The van der Waals surface area contributed by atoms with Crippen LogP contribution in [0, 0.1) is 5.41 Å². The van der Waals surface area contributed by atoms with E-state index in [-0.39, 0.29) is 18.3 Å². The molecule has 0 heterocycles. The summed E-state index contributed by atoms with van der Waals surface area (Å²) in [5.74, 6) is -0.250. The number of carbonyl (C=O) groups excluding carboxylic acids is 2. The molecule has 0 aliphatic carbocycles. The van der Waals surface area contributed by atoms with Crippen LogP contribution in [-0.2, 0) is 14.3 Å². The molecule has 4 heteroatoms. The number of methoxy groups -OCH3 is 1. The van der Waals surface area contributed by atoms with Gasteiger partial charge in [0.2, 0.25) is 5.91 Å². The van der Waals surface area contributed by atoms with Crippen LogP contribution >= 0.6 is 0 Å². The van der Waals surface area contributed by atoms with Crippen molar-refractivity contribution in [1.29, 1.82) is 0 Å². The maximum atomic E-state index is 11.5. The summed E-state index contributed by atoms with van der Waals surface area (Å²) in [6.07, 6.45) is 0. The second-order valence-electron chi connectivity index (χ2n) is 4.34. The lowest BCUT2D eigenvalue weighted by Gasteiger charge is -2.20. The zero-order valence-electron chi connectivity index (χ0n) is 9.51. The zero-order chi connectivity index (χ0) is 11.4. The molecule has 1 amide bonds. The molecule has 0 unspecified atom stereocenters. The number of rotatable bonds is 4. The fourth-order valence-corrected chi connectivity index (χ4v) is 0.761. The van der Waals surface area contributed by atoms with Crippen LogP contribution < -0.4 is 5.32 Å². The molecule has 0 aliphatic heterocycles. The van der Waals surface area contributed by atoms with Crippen molar-refractivity contribution in [3.05, 3.63) is 0 Å². The highest BCUT2D eigenvalue weighted by atomic mass is 16.5. The summed E-state index contributed by atoms with van der Waals surface area (Å²) < 4.78 is 4.69. The normalized spacial score (nSPS) is 13.5. The van der Waals surface area contributed by atoms with Crippen molar-refractivity contribution in [3.63, 3.8) is 0 Å². The van der Waals surface area contributed by atoms with E-state index >= 15 is 0 Å². The molecule has 82 valence electrons. The molecule has 0 aliphatic rings. The van der Waals surface area contributed by atoms with Gasteiger partial charge in [0, 0.05) is 12.5 Å². The Morgan fingerprint density at radius 3 is 2.21 bits per heavy atom. The fraction of sp³-hybridized carbons (Fsp3) is 0.800. The fourth-order valence-electron chi connectivity index (χ4n) is 0.761. The number of Topliss-reactive ketones (excluding diaryl/α,β-unsaturated/α-hetero) is 1. The quantitative estimate of drug-likeness (QED) is 0.730. The van der Waals surface area contributed by atoms with Crippen LogP contribution in [0.25, 0.3) is 0 Å². The lowest BCUT2D eigenvalue weighted by Crippen LogP contribution is -2.45. The summed E-state index contributed by atoms with van der Waals surface area (Å²) in [7, 11) is 1.45. The topological polar surface area (TPSA) is 55.4 Å². The third-order valence-electron chi connectivity index (χ3n) is 1.80. The summed E-state index contributed by atoms with van der Waals surface area (Å²) in [5, 5.41) is 2.64. The van der Waals surface area contributed by atoms with E-state index in [9.17, 15) is 9.59 Å². The molecule has 0 fully saturated rings. The molecule has 0 spiro atoms. The average Bonchev–Trinajstić information content (AvgIpc) is 2.02. The molecule has 0 bridgehead atoms. The van der Waals surface area contributed by atoms with Gasteiger partial charge >= 0.3 is 0 Å². The van der Waals surface area contributed by atoms with Crippen molar-refractivity contribution in [3.8, 4) is 0 Å². The van der Waals surface area contributed by atoms with Gasteiger partial charge in [0.05, 0.1) is 6.04 Å². The molecule has 0 saturated carbocycles. The van der Waals surface area contributed by atoms with E-state index in [0.29, 0.717) is 0 Å². The maximum absolute atomic E-state index is 11.5. The Labute approximate surface area is 85.0 Å². The van der Waals surface area contributed by atoms with Crippen LogP contribution in [0.4, 0.5) is 0 Å². The lowest BCUT2D eigenvalue weighted by molar-refractivity contribution is -0.133. The molecule has 0 aromatic carbocycles. The smallest absolute Gasteiger partial charge is 0.225 e. The van der Waals surface area contributed by atoms with Crippen molar-refractivity contribution in [2.45, 2.75) is 33.7 Å². The van der Waals surface area contributed by atoms with Crippen LogP contribution in [0.1, 0.15) is 27.7 Å². The molecule has 1 N–H and O–H groups in total. The third kappa shape index (κ3) is 4.37. The van der Waals surface area contributed by atoms with Crippen molar-refractivity contribution in [2.24, 2.45) is 5.41 Å². The third-order valence-corrected chi connectivity index (χ3v) is 1.80. The van der Waals surface area contributed by atoms with E-state index < -0.39 is 11.5 Å². The Balaban J connectivity index is 4.13. The molecule has 0 aromatic rings. The Hall–Kier alpha value is -0.900. The molecule has 0 aromatic heterocycles. The minimum atomic E-state index is -0.485. The van der Waals surface area contributed by atoms with E-state index in [1.54, 1.807) is 27.7 Å². The summed E-state index contributed by atoms with van der Waals surface area (Å²) >= 11 is 0. The number of ether oxygens (including phenoxy) is 1. The highest BCUT2D eigenvalue weighted by molar-refractivity contribution is 5.91. The van der Waals surface area contributed by atoms with Gasteiger partial charge in [0.25, 0.3) is 0 Å². The Morgan fingerprint density at radius 2 is 1.86 bits per heavy atom. The number of hydrogen-bond acceptors (Lipinski definition) is 3. The van der Waals surface area contributed by atoms with Gasteiger partial charge < -0.3 is 10.1 Å². The Kier molecular flexibility index (Phi) is 4.77.